The molecule has 0 aliphatic carbocycles. The lowest BCUT2D eigenvalue weighted by Gasteiger charge is -2.14. The Kier molecular flexibility index (Phi) is 11.2. The molecule has 8 aromatic carbocycles. The number of aryl methyl sites for hydroxylation is 2. The van der Waals surface area contributed by atoms with Gasteiger partial charge in [-0.05, 0) is 128 Å². The van der Waals surface area contributed by atoms with E-state index in [0.717, 1.165) is 45.9 Å². The van der Waals surface area contributed by atoms with Gasteiger partial charge in [0.25, 0.3) is 0 Å². The first-order valence-corrected chi connectivity index (χ1v) is 20.3. The van der Waals surface area contributed by atoms with Crippen molar-refractivity contribution in [1.82, 2.24) is 0 Å². The van der Waals surface area contributed by atoms with Gasteiger partial charge in [0.15, 0.2) is 0 Å². The molecule has 0 aliphatic heterocycles. The fourth-order valence-corrected chi connectivity index (χ4v) is 7.80. The van der Waals surface area contributed by atoms with Crippen molar-refractivity contribution >= 4 is 67.4 Å². The fourth-order valence-electron chi connectivity index (χ4n) is 7.80. The van der Waals surface area contributed by atoms with Gasteiger partial charge in [-0.15, -0.1) is 0 Å². The molecule has 8 rings (SSSR count). The van der Waals surface area contributed by atoms with Gasteiger partial charge < -0.3 is 4.74 Å². The van der Waals surface area contributed by atoms with Crippen LogP contribution in [0.2, 0.25) is 0 Å². The number of ether oxygens (including phenoxy) is 1. The first kappa shape index (κ1) is 36.1. The van der Waals surface area contributed by atoms with E-state index in [2.05, 4.69) is 184 Å². The highest BCUT2D eigenvalue weighted by Crippen LogP contribution is 2.38. The molecule has 0 amide bonds. The first-order chi connectivity index (χ1) is 27.1. The Hall–Kier alpha value is -5.92. The predicted molar refractivity (Wildman–Crippen MR) is 240 cm³/mol. The van der Waals surface area contributed by atoms with Crippen LogP contribution >= 0.6 is 0 Å². The molecule has 0 bridgehead atoms. The second kappa shape index (κ2) is 17.0. The molecule has 1 nitrogen and oxygen atoms in total. The Morgan fingerprint density at radius 1 is 0.382 bits per heavy atom. The molecular formula is C54H50O. The molecule has 0 aliphatic rings. The summed E-state index contributed by atoms with van der Waals surface area (Å²) in [6, 6.07) is 53.1. The minimum Gasteiger partial charge on any atom is -0.456 e. The molecule has 0 atom stereocenters. The highest BCUT2D eigenvalue weighted by molar-refractivity contribution is 6.06. The molecule has 8 aromatic rings. The van der Waals surface area contributed by atoms with Crippen molar-refractivity contribution in [3.8, 4) is 11.5 Å². The van der Waals surface area contributed by atoms with E-state index in [9.17, 15) is 0 Å². The van der Waals surface area contributed by atoms with E-state index >= 15 is 0 Å². The summed E-state index contributed by atoms with van der Waals surface area (Å²) in [5.74, 6) is 1.72. The molecule has 0 saturated carbocycles. The molecule has 55 heavy (non-hydrogen) atoms. The van der Waals surface area contributed by atoms with Gasteiger partial charge in [-0.25, -0.2) is 0 Å². The van der Waals surface area contributed by atoms with E-state index < -0.39 is 0 Å². The van der Waals surface area contributed by atoms with Gasteiger partial charge in [0, 0.05) is 10.8 Å². The largest absolute Gasteiger partial charge is 0.456 e. The van der Waals surface area contributed by atoms with E-state index in [1.165, 1.54) is 93.5 Å². The van der Waals surface area contributed by atoms with Gasteiger partial charge >= 0.3 is 0 Å². The number of rotatable bonds is 14. The number of hydrogen-bond acceptors (Lipinski definition) is 1. The van der Waals surface area contributed by atoms with Crippen LogP contribution in [-0.2, 0) is 12.8 Å². The maximum atomic E-state index is 6.83. The number of hydrogen-bond donors (Lipinski definition) is 0. The van der Waals surface area contributed by atoms with Crippen LogP contribution in [0.5, 0.6) is 11.5 Å². The number of fused-ring (bicyclic) bond motifs is 4. The zero-order valence-corrected chi connectivity index (χ0v) is 32.2. The molecule has 0 N–H and O–H groups in total. The van der Waals surface area contributed by atoms with Crippen molar-refractivity contribution < 1.29 is 4.74 Å². The molecular weight excluding hydrogens is 665 g/mol. The van der Waals surface area contributed by atoms with Crippen molar-refractivity contribution in [2.45, 2.75) is 65.2 Å². The molecule has 0 radical (unpaired) electrons. The fraction of sp³-hybridized carbons (Fsp3) is 0.185. The Balaban J connectivity index is 1.05. The van der Waals surface area contributed by atoms with Gasteiger partial charge in [-0.2, -0.15) is 0 Å². The summed E-state index contributed by atoms with van der Waals surface area (Å²) in [5, 5.41) is 9.41. The zero-order chi connectivity index (χ0) is 37.4. The Labute approximate surface area is 326 Å². The Bertz CT molecular complexity index is 2440. The Morgan fingerprint density at radius 3 is 1.18 bits per heavy atom. The molecule has 0 heterocycles. The van der Waals surface area contributed by atoms with E-state index in [4.69, 9.17) is 4.74 Å². The highest BCUT2D eigenvalue weighted by atomic mass is 16.5. The van der Waals surface area contributed by atoms with E-state index in [0.29, 0.717) is 0 Å². The molecule has 0 aromatic heterocycles. The standard InChI is InChI=1S/C54H50O/c1-3-5-7-13-39-23-27-41(28-24-39)31-33-43-15-9-17-45-37-51-47(35-49(43)45)19-11-21-53(51)55-54-22-12-20-48-36-50-44(16-10-18-46(50)38-52(48)54)34-32-42-29-25-40(26-30-42)14-8-6-4-2/h9-12,15-38H,3-8,13-14H2,1-2H3/b33-31+,34-32+. The smallest absolute Gasteiger partial charge is 0.135 e. The van der Waals surface area contributed by atoms with Gasteiger partial charge in [-0.3, -0.25) is 0 Å². The topological polar surface area (TPSA) is 9.23 Å². The monoisotopic (exact) mass is 714 g/mol. The summed E-state index contributed by atoms with van der Waals surface area (Å²) < 4.78 is 6.83. The molecule has 0 spiro atoms. The first-order valence-electron chi connectivity index (χ1n) is 20.3. The molecule has 1 heteroatoms. The molecule has 272 valence electrons. The second-order valence-corrected chi connectivity index (χ2v) is 15.0. The predicted octanol–water partition coefficient (Wildman–Crippen LogP) is 15.9. The van der Waals surface area contributed by atoms with Crippen molar-refractivity contribution in [2.24, 2.45) is 0 Å². The van der Waals surface area contributed by atoms with E-state index in [-0.39, 0.29) is 0 Å². The second-order valence-electron chi connectivity index (χ2n) is 15.0. The summed E-state index contributed by atoms with van der Waals surface area (Å²) in [6.07, 6.45) is 18.9. The number of benzene rings is 8. The molecule has 0 saturated heterocycles. The summed E-state index contributed by atoms with van der Waals surface area (Å²) >= 11 is 0. The van der Waals surface area contributed by atoms with Gasteiger partial charge in [-0.1, -0.05) is 173 Å². The normalized spacial score (nSPS) is 11.9. The molecule has 0 unspecified atom stereocenters. The lowest BCUT2D eigenvalue weighted by atomic mass is 9.98. The third-order valence-electron chi connectivity index (χ3n) is 11.0. The maximum Gasteiger partial charge on any atom is 0.135 e. The minimum absolute atomic E-state index is 0.861. The average Bonchev–Trinajstić information content (AvgIpc) is 3.22. The van der Waals surface area contributed by atoms with Crippen LogP contribution in [0.1, 0.15) is 85.8 Å². The SMILES string of the molecule is CCCCCc1ccc(/C=C/c2cccc3cc4c(Oc5cccc6cc7c(/C=C/c8ccc(CCCCC)cc8)cccc7cc56)cccc4cc23)cc1. The summed E-state index contributed by atoms with van der Waals surface area (Å²) in [5.41, 5.74) is 7.71. The van der Waals surface area contributed by atoms with Crippen molar-refractivity contribution in [2.75, 3.05) is 0 Å². The van der Waals surface area contributed by atoms with Crippen LogP contribution in [0.15, 0.2) is 146 Å². The van der Waals surface area contributed by atoms with Gasteiger partial charge in [0.05, 0.1) is 0 Å². The summed E-state index contributed by atoms with van der Waals surface area (Å²) in [4.78, 5) is 0. The third-order valence-corrected chi connectivity index (χ3v) is 11.0. The highest BCUT2D eigenvalue weighted by Gasteiger charge is 2.11. The van der Waals surface area contributed by atoms with Crippen LogP contribution < -0.4 is 4.74 Å². The molecule has 0 fully saturated rings. The summed E-state index contributed by atoms with van der Waals surface area (Å²) in [6.45, 7) is 4.52. The minimum atomic E-state index is 0.861. The number of unbranched alkanes of at least 4 members (excludes halogenated alkanes) is 4. The van der Waals surface area contributed by atoms with Gasteiger partial charge in [0.2, 0.25) is 0 Å². The van der Waals surface area contributed by atoms with Crippen LogP contribution in [0, 0.1) is 0 Å². The lowest BCUT2D eigenvalue weighted by Crippen LogP contribution is -1.89. The van der Waals surface area contributed by atoms with E-state index in [1.807, 2.05) is 0 Å². The lowest BCUT2D eigenvalue weighted by molar-refractivity contribution is 0.494. The Morgan fingerprint density at radius 2 is 0.764 bits per heavy atom. The van der Waals surface area contributed by atoms with E-state index in [1.54, 1.807) is 0 Å². The van der Waals surface area contributed by atoms with Crippen LogP contribution in [0.4, 0.5) is 0 Å². The van der Waals surface area contributed by atoms with Crippen LogP contribution in [-0.4, -0.2) is 0 Å². The van der Waals surface area contributed by atoms with Crippen molar-refractivity contribution in [3.05, 3.63) is 179 Å². The van der Waals surface area contributed by atoms with Crippen LogP contribution in [0.25, 0.3) is 67.4 Å². The van der Waals surface area contributed by atoms with Crippen molar-refractivity contribution in [3.63, 3.8) is 0 Å². The summed E-state index contributed by atoms with van der Waals surface area (Å²) in [7, 11) is 0. The average molecular weight is 715 g/mol. The quantitative estimate of drug-likeness (QED) is 0.0619. The van der Waals surface area contributed by atoms with Crippen molar-refractivity contribution in [1.29, 1.82) is 0 Å². The maximum absolute atomic E-state index is 6.83. The third kappa shape index (κ3) is 8.43. The zero-order valence-electron chi connectivity index (χ0n) is 32.2. The van der Waals surface area contributed by atoms with Gasteiger partial charge in [0.1, 0.15) is 11.5 Å². The van der Waals surface area contributed by atoms with Crippen LogP contribution in [0.3, 0.4) is 0 Å².